The van der Waals surface area contributed by atoms with Crippen molar-refractivity contribution >= 4 is 17.9 Å². The standard InChI is InChI=1S/C57H81N3O12/c1-52(2,3)37-25-34(26-38(46(37)64)53(4,5)6)31-43(61)70-22-19-58-49(67)59(20-23-71-44(62)32-35-27-39(54(7,8)9)47(65)40(28-35)55(10,11)12)51(69)60(50(58)68)21-24-72-45(63)33-36-29-41(56(13,14)15)48(66)42(30-36)57(16,17)18/h25-30,64-66H,19-24,31-33H2,1-18H3. The highest BCUT2D eigenvalue weighted by Crippen LogP contribution is 2.42. The average Bonchev–Trinajstić information content (AvgIpc) is 3.20. The number of aromatic hydroxyl groups is 3. The van der Waals surface area contributed by atoms with Gasteiger partial charge in [-0.05, 0) is 82.6 Å². The summed E-state index contributed by atoms with van der Waals surface area (Å²) in [6, 6.07) is 10.6. The molecule has 4 rings (SSSR count). The number of aromatic nitrogens is 3. The Balaban J connectivity index is 1.62. The fourth-order valence-corrected chi connectivity index (χ4v) is 8.48. The van der Waals surface area contributed by atoms with Crippen molar-refractivity contribution in [1.82, 2.24) is 13.7 Å². The number of carbonyl (C=O) groups is 3. The van der Waals surface area contributed by atoms with Crippen molar-refractivity contribution < 1.29 is 43.9 Å². The highest BCUT2D eigenvalue weighted by Gasteiger charge is 2.30. The van der Waals surface area contributed by atoms with Gasteiger partial charge in [0.05, 0.1) is 38.9 Å². The van der Waals surface area contributed by atoms with E-state index in [4.69, 9.17) is 14.2 Å². The van der Waals surface area contributed by atoms with Crippen molar-refractivity contribution in [3.63, 3.8) is 0 Å². The van der Waals surface area contributed by atoms with Gasteiger partial charge in [0.1, 0.15) is 37.1 Å². The van der Waals surface area contributed by atoms with Gasteiger partial charge in [0.25, 0.3) is 0 Å². The fourth-order valence-electron chi connectivity index (χ4n) is 8.48. The zero-order valence-corrected chi connectivity index (χ0v) is 46.2. The van der Waals surface area contributed by atoms with Crippen LogP contribution in [0.2, 0.25) is 0 Å². The molecule has 3 N–H and O–H groups in total. The van der Waals surface area contributed by atoms with Crippen LogP contribution in [0, 0.1) is 0 Å². The second-order valence-corrected chi connectivity index (χ2v) is 25.1. The maximum atomic E-state index is 14.0. The van der Waals surface area contributed by atoms with Crippen LogP contribution in [0.15, 0.2) is 50.8 Å². The number of nitrogens with zero attached hydrogens (tertiary/aromatic N) is 3. The smallest absolute Gasteiger partial charge is 0.336 e. The lowest BCUT2D eigenvalue weighted by Crippen LogP contribution is -2.55. The quantitative estimate of drug-likeness (QED) is 0.0758. The van der Waals surface area contributed by atoms with E-state index in [9.17, 15) is 44.1 Å². The van der Waals surface area contributed by atoms with Crippen LogP contribution in [0.3, 0.4) is 0 Å². The lowest BCUT2D eigenvalue weighted by Gasteiger charge is -2.28. The number of carbonyl (C=O) groups excluding carboxylic acids is 3. The molecule has 1 aromatic heterocycles. The molecule has 0 fully saturated rings. The predicted octanol–water partition coefficient (Wildman–Crippen LogP) is 8.43. The van der Waals surface area contributed by atoms with Crippen LogP contribution < -0.4 is 17.1 Å². The molecule has 72 heavy (non-hydrogen) atoms. The molecule has 3 aromatic carbocycles. The van der Waals surface area contributed by atoms with Gasteiger partial charge in [-0.3, -0.25) is 14.4 Å². The minimum atomic E-state index is -1.03. The van der Waals surface area contributed by atoms with Crippen molar-refractivity contribution in [3.8, 4) is 17.2 Å². The molecular weight excluding hydrogens is 919 g/mol. The summed E-state index contributed by atoms with van der Waals surface area (Å²) in [5, 5.41) is 33.5. The van der Waals surface area contributed by atoms with Crippen molar-refractivity contribution in [2.75, 3.05) is 19.8 Å². The summed E-state index contributed by atoms with van der Waals surface area (Å²) >= 11 is 0. The second-order valence-electron chi connectivity index (χ2n) is 25.1. The van der Waals surface area contributed by atoms with Gasteiger partial charge in [-0.25, -0.2) is 28.1 Å². The molecule has 0 saturated carbocycles. The van der Waals surface area contributed by atoms with E-state index in [-0.39, 0.29) is 36.5 Å². The molecule has 15 nitrogen and oxygen atoms in total. The van der Waals surface area contributed by atoms with Gasteiger partial charge >= 0.3 is 35.0 Å². The number of rotatable bonds is 15. The molecule has 0 unspecified atom stereocenters. The van der Waals surface area contributed by atoms with E-state index in [1.54, 1.807) is 36.4 Å². The maximum Gasteiger partial charge on any atom is 0.336 e. The molecule has 0 bridgehead atoms. The molecule has 15 heteroatoms. The van der Waals surface area contributed by atoms with Crippen molar-refractivity contribution in [2.24, 2.45) is 0 Å². The van der Waals surface area contributed by atoms with E-state index in [0.29, 0.717) is 50.1 Å². The normalized spacial score (nSPS) is 12.8. The van der Waals surface area contributed by atoms with Crippen LogP contribution in [0.25, 0.3) is 0 Å². The summed E-state index contributed by atoms with van der Waals surface area (Å²) < 4.78 is 18.9. The van der Waals surface area contributed by atoms with Crippen LogP contribution >= 0.6 is 0 Å². The highest BCUT2D eigenvalue weighted by atomic mass is 16.5. The van der Waals surface area contributed by atoms with Crippen LogP contribution in [0.1, 0.15) is 175 Å². The molecule has 0 atom stereocenters. The first-order valence-corrected chi connectivity index (χ1v) is 24.7. The SMILES string of the molecule is CC(C)(C)c1cc(CC(=O)OCCn2c(=O)n(CCOC(=O)Cc3cc(C(C)(C)C)c(O)c(C(C)(C)C)c3)c(=O)n(CCOC(=O)Cc3cc(C(C)(C)C)c(O)c(C(C)(C)C)c3)c2=O)cc(C(C)(C)C)c1O. The number of phenolic OH excluding ortho intramolecular Hbond substituents is 3. The van der Waals surface area contributed by atoms with Crippen LogP contribution in [-0.2, 0) is 100.0 Å². The monoisotopic (exact) mass is 1000 g/mol. The highest BCUT2D eigenvalue weighted by molar-refractivity contribution is 5.74. The third-order valence-electron chi connectivity index (χ3n) is 12.5. The Kier molecular flexibility index (Phi) is 17.5. The molecule has 0 aliphatic carbocycles. The van der Waals surface area contributed by atoms with Crippen LogP contribution in [0.5, 0.6) is 17.2 Å². The minimum absolute atomic E-state index is 0.158. The van der Waals surface area contributed by atoms with Gasteiger partial charge in [-0.2, -0.15) is 0 Å². The summed E-state index contributed by atoms with van der Waals surface area (Å²) in [6.45, 7) is 32.6. The Labute approximate surface area is 425 Å². The Morgan fingerprint density at radius 2 is 0.528 bits per heavy atom. The predicted molar refractivity (Wildman–Crippen MR) is 280 cm³/mol. The van der Waals surface area contributed by atoms with Crippen LogP contribution in [0.4, 0.5) is 0 Å². The number of hydrogen-bond acceptors (Lipinski definition) is 12. The Morgan fingerprint density at radius 1 is 0.361 bits per heavy atom. The van der Waals surface area contributed by atoms with E-state index >= 15 is 0 Å². The summed E-state index contributed by atoms with van der Waals surface area (Å²) in [6.07, 6.45) is -0.500. The number of ether oxygens (including phenoxy) is 3. The molecule has 0 radical (unpaired) electrons. The Bertz CT molecular complexity index is 2410. The molecule has 4 aromatic rings. The molecule has 0 aliphatic rings. The average molecular weight is 1000 g/mol. The number of phenols is 3. The molecule has 0 spiro atoms. The topological polar surface area (TPSA) is 206 Å². The van der Waals surface area contributed by atoms with Crippen molar-refractivity contribution in [2.45, 2.75) is 196 Å². The van der Waals surface area contributed by atoms with E-state index in [2.05, 4.69) is 0 Å². The van der Waals surface area contributed by atoms with Crippen molar-refractivity contribution in [3.05, 3.63) is 118 Å². The number of hydrogen-bond donors (Lipinski definition) is 3. The van der Waals surface area contributed by atoms with Gasteiger partial charge < -0.3 is 29.5 Å². The molecule has 0 aliphatic heterocycles. The molecule has 0 amide bonds. The lowest BCUT2D eigenvalue weighted by atomic mass is 9.78. The number of esters is 3. The van der Waals surface area contributed by atoms with Crippen molar-refractivity contribution in [1.29, 1.82) is 0 Å². The first-order chi connectivity index (χ1) is 32.7. The molecular formula is C57H81N3O12. The van der Waals surface area contributed by atoms with Gasteiger partial charge in [0, 0.05) is 0 Å². The fraction of sp³-hybridized carbons (Fsp3) is 0.579. The third kappa shape index (κ3) is 14.5. The first kappa shape index (κ1) is 58.5. The van der Waals surface area contributed by atoms with Gasteiger partial charge in [0.15, 0.2) is 0 Å². The van der Waals surface area contributed by atoms with Gasteiger partial charge in [-0.15, -0.1) is 0 Å². The summed E-state index contributed by atoms with van der Waals surface area (Å²) in [4.78, 5) is 81.8. The minimum Gasteiger partial charge on any atom is -0.507 e. The third-order valence-corrected chi connectivity index (χ3v) is 12.5. The van der Waals surface area contributed by atoms with E-state index in [1.807, 2.05) is 125 Å². The van der Waals surface area contributed by atoms with Gasteiger partial charge in [-0.1, -0.05) is 161 Å². The maximum absolute atomic E-state index is 14.0. The molecule has 396 valence electrons. The van der Waals surface area contributed by atoms with E-state index < -0.39 is 107 Å². The lowest BCUT2D eigenvalue weighted by molar-refractivity contribution is -0.143. The zero-order valence-electron chi connectivity index (χ0n) is 46.2. The summed E-state index contributed by atoms with van der Waals surface area (Å²) in [5.41, 5.74) is 0.0544. The Morgan fingerprint density at radius 3 is 0.681 bits per heavy atom. The summed E-state index contributed by atoms with van der Waals surface area (Å²) in [7, 11) is 0. The van der Waals surface area contributed by atoms with Crippen LogP contribution in [-0.4, -0.2) is 66.7 Å². The van der Waals surface area contributed by atoms with Gasteiger partial charge in [0.2, 0.25) is 0 Å². The Hall–Kier alpha value is -6.12. The number of benzene rings is 3. The van der Waals surface area contributed by atoms with E-state index in [1.165, 1.54) is 0 Å². The summed E-state index contributed by atoms with van der Waals surface area (Å²) in [5.74, 6) is -1.49. The first-order valence-electron chi connectivity index (χ1n) is 24.7. The zero-order chi connectivity index (χ0) is 54.9. The molecule has 0 saturated heterocycles. The van der Waals surface area contributed by atoms with E-state index in [0.717, 1.165) is 13.7 Å². The molecule has 1 heterocycles. The second kappa shape index (κ2) is 21.5. The largest absolute Gasteiger partial charge is 0.507 e.